The summed E-state index contributed by atoms with van der Waals surface area (Å²) < 4.78 is 9.89. The van der Waals surface area contributed by atoms with Crippen LogP contribution in [0.15, 0.2) is 24.3 Å². The van der Waals surface area contributed by atoms with E-state index >= 15 is 0 Å². The molecule has 0 unspecified atom stereocenters. The lowest BCUT2D eigenvalue weighted by Gasteiger charge is -2.21. The molecular formula is C14H19ClN2O4. The van der Waals surface area contributed by atoms with Crippen molar-refractivity contribution in [1.29, 1.82) is 0 Å². The molecule has 0 heterocycles. The highest BCUT2D eigenvalue weighted by Gasteiger charge is 2.16. The molecule has 0 saturated carbocycles. The van der Waals surface area contributed by atoms with Crippen LogP contribution in [0, 0.1) is 0 Å². The van der Waals surface area contributed by atoms with Crippen LogP contribution >= 0.6 is 11.6 Å². The highest BCUT2D eigenvalue weighted by molar-refractivity contribution is 6.30. The Morgan fingerprint density at radius 2 is 1.62 bits per heavy atom. The van der Waals surface area contributed by atoms with Gasteiger partial charge in [0.2, 0.25) is 0 Å². The topological polar surface area (TPSA) is 67.9 Å². The molecule has 7 heteroatoms. The second kappa shape index (κ2) is 9.33. The van der Waals surface area contributed by atoms with Crippen molar-refractivity contribution in [3.63, 3.8) is 0 Å². The Morgan fingerprint density at radius 1 is 1.10 bits per heavy atom. The van der Waals surface area contributed by atoms with Gasteiger partial charge in [-0.3, -0.25) is 10.1 Å². The fraction of sp³-hybridized carbons (Fsp3) is 0.429. The van der Waals surface area contributed by atoms with Gasteiger partial charge in [0.05, 0.1) is 13.2 Å². The summed E-state index contributed by atoms with van der Waals surface area (Å²) in [5.41, 5.74) is 0.367. The van der Waals surface area contributed by atoms with E-state index in [0.29, 0.717) is 36.9 Å². The van der Waals surface area contributed by atoms with Gasteiger partial charge in [-0.1, -0.05) is 11.6 Å². The summed E-state index contributed by atoms with van der Waals surface area (Å²) in [6, 6.07) is 5.81. The third-order valence-electron chi connectivity index (χ3n) is 2.74. The van der Waals surface area contributed by atoms with E-state index in [1.807, 2.05) is 0 Å². The normalized spacial score (nSPS) is 10.2. The zero-order chi connectivity index (χ0) is 15.7. The number of carbonyl (C=O) groups is 2. The third kappa shape index (κ3) is 6.12. The molecule has 1 rings (SSSR count). The summed E-state index contributed by atoms with van der Waals surface area (Å²) in [5.74, 6) is -0.475. The SMILES string of the molecule is COCCN(CCOC)C(=O)NC(=O)c1ccc(Cl)cc1. The quantitative estimate of drug-likeness (QED) is 0.833. The van der Waals surface area contributed by atoms with Gasteiger partial charge in [0, 0.05) is 37.9 Å². The van der Waals surface area contributed by atoms with E-state index in [1.165, 1.54) is 4.90 Å². The molecule has 21 heavy (non-hydrogen) atoms. The van der Waals surface area contributed by atoms with E-state index < -0.39 is 11.9 Å². The summed E-state index contributed by atoms with van der Waals surface area (Å²) >= 11 is 5.75. The lowest BCUT2D eigenvalue weighted by atomic mass is 10.2. The number of nitrogens with zero attached hydrogens (tertiary/aromatic N) is 1. The second-order valence-electron chi connectivity index (χ2n) is 4.24. The highest BCUT2D eigenvalue weighted by atomic mass is 35.5. The Morgan fingerprint density at radius 3 is 2.10 bits per heavy atom. The van der Waals surface area contributed by atoms with Crippen molar-refractivity contribution in [2.75, 3.05) is 40.5 Å². The minimum absolute atomic E-state index is 0.367. The smallest absolute Gasteiger partial charge is 0.324 e. The van der Waals surface area contributed by atoms with Crippen LogP contribution in [0.1, 0.15) is 10.4 Å². The molecule has 0 spiro atoms. The average molecular weight is 315 g/mol. The number of ether oxygens (including phenoxy) is 2. The second-order valence-corrected chi connectivity index (χ2v) is 4.68. The summed E-state index contributed by atoms with van der Waals surface area (Å²) in [6.07, 6.45) is 0. The van der Waals surface area contributed by atoms with Gasteiger partial charge in [-0.2, -0.15) is 0 Å². The molecule has 0 bridgehead atoms. The van der Waals surface area contributed by atoms with Crippen LogP contribution in [0.25, 0.3) is 0 Å². The molecule has 0 radical (unpaired) electrons. The van der Waals surface area contributed by atoms with Crippen LogP contribution < -0.4 is 5.32 Å². The molecule has 6 nitrogen and oxygen atoms in total. The maximum atomic E-state index is 12.1. The maximum Gasteiger partial charge on any atom is 0.324 e. The van der Waals surface area contributed by atoms with Crippen LogP contribution in [0.5, 0.6) is 0 Å². The van der Waals surface area contributed by atoms with Gasteiger partial charge in [-0.15, -0.1) is 0 Å². The number of hydrogen-bond acceptors (Lipinski definition) is 4. The molecule has 0 aromatic heterocycles. The van der Waals surface area contributed by atoms with Gasteiger partial charge in [-0.25, -0.2) is 4.79 Å². The predicted molar refractivity (Wildman–Crippen MR) is 79.6 cm³/mol. The van der Waals surface area contributed by atoms with Crippen molar-refractivity contribution in [3.05, 3.63) is 34.9 Å². The zero-order valence-electron chi connectivity index (χ0n) is 12.1. The number of nitrogens with one attached hydrogen (secondary N) is 1. The summed E-state index contributed by atoms with van der Waals surface area (Å²) in [7, 11) is 3.09. The summed E-state index contributed by atoms with van der Waals surface area (Å²) in [4.78, 5) is 25.5. The Labute approximate surface area is 129 Å². The number of methoxy groups -OCH3 is 2. The lowest BCUT2D eigenvalue weighted by molar-refractivity contribution is 0.0927. The van der Waals surface area contributed by atoms with Crippen molar-refractivity contribution >= 4 is 23.5 Å². The zero-order valence-corrected chi connectivity index (χ0v) is 12.9. The highest BCUT2D eigenvalue weighted by Crippen LogP contribution is 2.09. The molecular weight excluding hydrogens is 296 g/mol. The number of urea groups is 1. The van der Waals surface area contributed by atoms with E-state index in [9.17, 15) is 9.59 Å². The first-order valence-electron chi connectivity index (χ1n) is 6.42. The number of halogens is 1. The minimum atomic E-state index is -0.482. The molecule has 0 atom stereocenters. The fourth-order valence-corrected chi connectivity index (χ4v) is 1.69. The molecule has 0 fully saturated rings. The van der Waals surface area contributed by atoms with Gasteiger partial charge in [0.15, 0.2) is 0 Å². The van der Waals surface area contributed by atoms with Crippen molar-refractivity contribution in [3.8, 4) is 0 Å². The molecule has 0 aliphatic carbocycles. The monoisotopic (exact) mass is 314 g/mol. The average Bonchev–Trinajstić information content (AvgIpc) is 2.47. The Kier molecular flexibility index (Phi) is 7.74. The predicted octanol–water partition coefficient (Wildman–Crippen LogP) is 1.78. The molecule has 0 aliphatic heterocycles. The number of rotatable bonds is 7. The molecule has 1 N–H and O–H groups in total. The Balaban J connectivity index is 2.61. The van der Waals surface area contributed by atoms with Crippen molar-refractivity contribution in [2.24, 2.45) is 0 Å². The molecule has 3 amide bonds. The van der Waals surface area contributed by atoms with Gasteiger partial charge in [0.25, 0.3) is 5.91 Å². The van der Waals surface area contributed by atoms with Crippen molar-refractivity contribution in [2.45, 2.75) is 0 Å². The van der Waals surface area contributed by atoms with Crippen LogP contribution in [-0.2, 0) is 9.47 Å². The van der Waals surface area contributed by atoms with E-state index in [1.54, 1.807) is 38.5 Å². The molecule has 0 aliphatic rings. The van der Waals surface area contributed by atoms with Crippen molar-refractivity contribution in [1.82, 2.24) is 10.2 Å². The maximum absolute atomic E-state index is 12.1. The molecule has 1 aromatic rings. The number of benzene rings is 1. The number of imide groups is 1. The van der Waals surface area contributed by atoms with Crippen molar-refractivity contribution < 1.29 is 19.1 Å². The summed E-state index contributed by atoms with van der Waals surface area (Å²) in [5, 5.41) is 2.85. The number of amides is 3. The first kappa shape index (κ1) is 17.4. The van der Waals surface area contributed by atoms with E-state index in [-0.39, 0.29) is 0 Å². The fourth-order valence-electron chi connectivity index (χ4n) is 1.57. The van der Waals surface area contributed by atoms with Gasteiger partial charge in [-0.05, 0) is 24.3 Å². The lowest BCUT2D eigenvalue weighted by Crippen LogP contribution is -2.45. The first-order valence-corrected chi connectivity index (χ1v) is 6.80. The van der Waals surface area contributed by atoms with Gasteiger partial charge in [0.1, 0.15) is 0 Å². The van der Waals surface area contributed by atoms with Gasteiger partial charge >= 0.3 is 6.03 Å². The number of carbonyl (C=O) groups excluding carboxylic acids is 2. The molecule has 116 valence electrons. The number of hydrogen-bond donors (Lipinski definition) is 1. The Hall–Kier alpha value is -1.63. The standard InChI is InChI=1S/C14H19ClN2O4/c1-20-9-7-17(8-10-21-2)14(19)16-13(18)11-3-5-12(15)6-4-11/h3-6H,7-10H2,1-2H3,(H,16,18,19). The molecule has 1 aromatic carbocycles. The van der Waals surface area contributed by atoms with Crippen LogP contribution in [-0.4, -0.2) is 57.4 Å². The van der Waals surface area contributed by atoms with Crippen LogP contribution in [0.4, 0.5) is 4.79 Å². The molecule has 0 saturated heterocycles. The van der Waals surface area contributed by atoms with Crippen LogP contribution in [0.2, 0.25) is 5.02 Å². The van der Waals surface area contributed by atoms with Crippen LogP contribution in [0.3, 0.4) is 0 Å². The Bertz CT molecular complexity index is 457. The third-order valence-corrected chi connectivity index (χ3v) is 3.00. The minimum Gasteiger partial charge on any atom is -0.383 e. The van der Waals surface area contributed by atoms with E-state index in [0.717, 1.165) is 0 Å². The first-order chi connectivity index (χ1) is 10.1. The van der Waals surface area contributed by atoms with E-state index in [4.69, 9.17) is 21.1 Å². The largest absolute Gasteiger partial charge is 0.383 e. The summed E-state index contributed by atoms with van der Waals surface area (Å²) in [6.45, 7) is 1.51. The van der Waals surface area contributed by atoms with Gasteiger partial charge < -0.3 is 14.4 Å². The van der Waals surface area contributed by atoms with E-state index in [2.05, 4.69) is 5.32 Å².